The molecule has 3 N–H and O–H groups in total. The molecule has 0 aliphatic rings. The van der Waals surface area contributed by atoms with Gasteiger partial charge in [-0.15, -0.1) is 0 Å². The molecule has 33 heavy (non-hydrogen) atoms. The minimum Gasteiger partial charge on any atom is -0.320 e. The van der Waals surface area contributed by atoms with E-state index >= 15 is 0 Å². The van der Waals surface area contributed by atoms with Gasteiger partial charge in [0, 0.05) is 22.8 Å². The number of rotatable bonds is 5. The molecule has 6 nitrogen and oxygen atoms in total. The molecule has 0 spiro atoms. The number of carbonyl (C=O) groups is 1. The van der Waals surface area contributed by atoms with Crippen LogP contribution >= 0.6 is 23.4 Å². The number of hydrogen-bond donors (Lipinski definition) is 3. The van der Waals surface area contributed by atoms with Crippen LogP contribution in [-0.4, -0.2) is 26.0 Å². The number of halogens is 1. The number of hydrogen-bond acceptors (Lipinski definition) is 6. The van der Waals surface area contributed by atoms with E-state index in [1.54, 1.807) is 24.3 Å². The van der Waals surface area contributed by atoms with E-state index in [1.165, 1.54) is 6.07 Å². The molecule has 4 rings (SSSR count). The Morgan fingerprint density at radius 1 is 0.818 bits per heavy atom. The molecular formula is C25H18ClN5OS. The summed E-state index contributed by atoms with van der Waals surface area (Å²) in [5.41, 5.74) is 2.52. The van der Waals surface area contributed by atoms with E-state index in [4.69, 9.17) is 22.4 Å². The highest BCUT2D eigenvalue weighted by atomic mass is 35.5. The molecule has 0 aliphatic carbocycles. The van der Waals surface area contributed by atoms with Crippen molar-refractivity contribution in [3.05, 3.63) is 113 Å². The second kappa shape index (κ2) is 10.2. The summed E-state index contributed by atoms with van der Waals surface area (Å²) >= 11 is 7.17. The third-order valence-electron chi connectivity index (χ3n) is 4.62. The lowest BCUT2D eigenvalue weighted by atomic mass is 10.2. The highest BCUT2D eigenvalue weighted by Crippen LogP contribution is 2.25. The molecule has 0 saturated heterocycles. The summed E-state index contributed by atoms with van der Waals surface area (Å²) in [6.07, 6.45) is 0. The maximum absolute atomic E-state index is 13.0. The van der Waals surface area contributed by atoms with Gasteiger partial charge in [0.25, 0.3) is 5.91 Å². The fraction of sp³-hybridized carbons (Fsp3) is 0. The van der Waals surface area contributed by atoms with E-state index in [-0.39, 0.29) is 20.9 Å². The van der Waals surface area contributed by atoms with Crippen molar-refractivity contribution in [3.63, 3.8) is 0 Å². The van der Waals surface area contributed by atoms with Crippen molar-refractivity contribution in [2.24, 2.45) is 0 Å². The van der Waals surface area contributed by atoms with Gasteiger partial charge in [-0.2, -0.15) is 0 Å². The third-order valence-corrected chi connectivity index (χ3v) is 5.68. The van der Waals surface area contributed by atoms with Crippen LogP contribution in [0.1, 0.15) is 21.6 Å². The molecule has 0 radical (unpaired) electrons. The number of thioether (sulfide) groups is 1. The molecule has 0 aliphatic heterocycles. The molecule has 162 valence electrons. The van der Waals surface area contributed by atoms with Gasteiger partial charge in [0.2, 0.25) is 0 Å². The van der Waals surface area contributed by atoms with Gasteiger partial charge in [-0.1, -0.05) is 102 Å². The topological polar surface area (TPSA) is 103 Å². The van der Waals surface area contributed by atoms with Crippen LogP contribution < -0.4 is 5.32 Å². The lowest BCUT2D eigenvalue weighted by Gasteiger charge is -2.12. The quantitative estimate of drug-likeness (QED) is 0.185. The van der Waals surface area contributed by atoms with E-state index in [0.717, 1.165) is 22.9 Å². The lowest BCUT2D eigenvalue weighted by molar-refractivity contribution is 0.102. The molecule has 0 unspecified atom stereocenters. The molecule has 0 bridgehead atoms. The minimum absolute atomic E-state index is 0.111. The summed E-state index contributed by atoms with van der Waals surface area (Å²) in [5, 5.41) is 20.2. The number of benzene rings is 3. The standard InChI is InChI=1S/C25H18ClN5OS/c26-21-15-20(29-24(31-21)17-11-5-2-6-12-17)25(32)30-19-14-8-7-13-18(19)23(28)33-22(27)16-9-3-1-4-10-16/h1-15,27-28H,(H,30,32). The largest absolute Gasteiger partial charge is 0.320 e. The fourth-order valence-corrected chi connectivity index (χ4v) is 3.96. The van der Waals surface area contributed by atoms with Crippen LogP contribution in [0.2, 0.25) is 5.15 Å². The zero-order valence-electron chi connectivity index (χ0n) is 17.2. The molecule has 8 heteroatoms. The van der Waals surface area contributed by atoms with Crippen LogP contribution in [0.25, 0.3) is 11.4 Å². The maximum atomic E-state index is 13.0. The SMILES string of the molecule is N=C(SC(=N)c1ccccc1NC(=O)c1cc(Cl)nc(-c2ccccc2)n1)c1ccccc1. The first-order valence-electron chi connectivity index (χ1n) is 9.92. The first-order chi connectivity index (χ1) is 16.0. The number of anilines is 1. The van der Waals surface area contributed by atoms with Crippen LogP contribution in [0.5, 0.6) is 0 Å². The zero-order chi connectivity index (χ0) is 23.2. The van der Waals surface area contributed by atoms with Crippen LogP contribution in [0.3, 0.4) is 0 Å². The van der Waals surface area contributed by atoms with E-state index in [2.05, 4.69) is 15.3 Å². The Hall–Kier alpha value is -3.81. The number of para-hydroxylation sites is 1. The van der Waals surface area contributed by atoms with E-state index in [9.17, 15) is 4.79 Å². The average molecular weight is 472 g/mol. The Balaban J connectivity index is 1.56. The maximum Gasteiger partial charge on any atom is 0.274 e. The minimum atomic E-state index is -0.472. The normalized spacial score (nSPS) is 10.5. The summed E-state index contributed by atoms with van der Waals surface area (Å²) in [6, 6.07) is 26.8. The van der Waals surface area contributed by atoms with Crippen molar-refractivity contribution >= 4 is 45.0 Å². The smallest absolute Gasteiger partial charge is 0.274 e. The van der Waals surface area contributed by atoms with Crippen LogP contribution in [0, 0.1) is 10.8 Å². The van der Waals surface area contributed by atoms with Gasteiger partial charge in [-0.3, -0.25) is 15.6 Å². The number of aromatic nitrogens is 2. The summed E-state index contributed by atoms with van der Waals surface area (Å²) in [4.78, 5) is 21.6. The molecule has 4 aromatic rings. The first kappa shape index (κ1) is 22.4. The van der Waals surface area contributed by atoms with Gasteiger partial charge in [0.05, 0.1) is 5.69 Å². The highest BCUT2D eigenvalue weighted by molar-refractivity contribution is 8.27. The van der Waals surface area contributed by atoms with Gasteiger partial charge in [-0.05, 0) is 6.07 Å². The Labute approximate surface area is 200 Å². The van der Waals surface area contributed by atoms with E-state index in [0.29, 0.717) is 17.1 Å². The van der Waals surface area contributed by atoms with Crippen molar-refractivity contribution in [1.82, 2.24) is 9.97 Å². The monoisotopic (exact) mass is 471 g/mol. The molecule has 0 saturated carbocycles. The van der Waals surface area contributed by atoms with Crippen LogP contribution in [-0.2, 0) is 0 Å². The Bertz CT molecular complexity index is 1330. The second-order valence-corrected chi connectivity index (χ2v) is 8.30. The third kappa shape index (κ3) is 5.52. The lowest BCUT2D eigenvalue weighted by Crippen LogP contribution is -2.16. The van der Waals surface area contributed by atoms with Gasteiger partial charge in [-0.25, -0.2) is 9.97 Å². The number of amides is 1. The zero-order valence-corrected chi connectivity index (χ0v) is 18.8. The predicted molar refractivity (Wildman–Crippen MR) is 135 cm³/mol. The predicted octanol–water partition coefficient (Wildman–Crippen LogP) is 6.13. The van der Waals surface area contributed by atoms with Crippen molar-refractivity contribution in [3.8, 4) is 11.4 Å². The van der Waals surface area contributed by atoms with Crippen molar-refractivity contribution in [2.75, 3.05) is 5.32 Å². The Morgan fingerprint density at radius 3 is 2.18 bits per heavy atom. The van der Waals surface area contributed by atoms with Crippen LogP contribution in [0.4, 0.5) is 5.69 Å². The van der Waals surface area contributed by atoms with Crippen LogP contribution in [0.15, 0.2) is 91.0 Å². The fourth-order valence-electron chi connectivity index (χ4n) is 3.03. The molecule has 1 heterocycles. The average Bonchev–Trinajstić information content (AvgIpc) is 2.85. The molecule has 1 aromatic heterocycles. The number of nitrogens with one attached hydrogen (secondary N) is 3. The Morgan fingerprint density at radius 2 is 1.45 bits per heavy atom. The van der Waals surface area contributed by atoms with Gasteiger partial charge >= 0.3 is 0 Å². The molecule has 1 amide bonds. The van der Waals surface area contributed by atoms with Gasteiger partial charge < -0.3 is 5.32 Å². The van der Waals surface area contributed by atoms with E-state index < -0.39 is 5.91 Å². The van der Waals surface area contributed by atoms with Crippen molar-refractivity contribution in [1.29, 1.82) is 10.8 Å². The highest BCUT2D eigenvalue weighted by Gasteiger charge is 2.17. The Kier molecular flexibility index (Phi) is 6.92. The van der Waals surface area contributed by atoms with Crippen molar-refractivity contribution in [2.45, 2.75) is 0 Å². The summed E-state index contributed by atoms with van der Waals surface area (Å²) in [6.45, 7) is 0. The second-order valence-electron chi connectivity index (χ2n) is 6.89. The number of nitrogens with zero attached hydrogens (tertiary/aromatic N) is 2. The van der Waals surface area contributed by atoms with E-state index in [1.807, 2.05) is 60.7 Å². The van der Waals surface area contributed by atoms with Gasteiger partial charge in [0.15, 0.2) is 5.82 Å². The molecule has 0 atom stereocenters. The molecule has 0 fully saturated rings. The summed E-state index contributed by atoms with van der Waals surface area (Å²) < 4.78 is 0. The summed E-state index contributed by atoms with van der Waals surface area (Å²) in [5.74, 6) is -0.124. The first-order valence-corrected chi connectivity index (χ1v) is 11.1. The molecule has 3 aromatic carbocycles. The summed E-state index contributed by atoms with van der Waals surface area (Å²) in [7, 11) is 0. The van der Waals surface area contributed by atoms with Crippen molar-refractivity contribution < 1.29 is 4.79 Å². The van der Waals surface area contributed by atoms with Gasteiger partial charge in [0.1, 0.15) is 20.9 Å². The molecular weight excluding hydrogens is 454 g/mol. The number of carbonyl (C=O) groups excluding carboxylic acids is 1.